The summed E-state index contributed by atoms with van der Waals surface area (Å²) in [5.41, 5.74) is 1.23. The third kappa shape index (κ3) is 4.78. The Morgan fingerprint density at radius 3 is 2.33 bits per heavy atom. The number of nitrogens with zero attached hydrogens (tertiary/aromatic N) is 2. The van der Waals surface area contributed by atoms with E-state index in [0.29, 0.717) is 37.2 Å². The summed E-state index contributed by atoms with van der Waals surface area (Å²) in [7, 11) is 1.64. The Hall–Kier alpha value is -2.57. The zero-order valence-electron chi connectivity index (χ0n) is 15.9. The number of carbonyl (C=O) groups is 3. The van der Waals surface area contributed by atoms with Gasteiger partial charge in [-0.2, -0.15) is 0 Å². The molecule has 7 nitrogen and oxygen atoms in total. The number of piperidine rings is 2. The lowest BCUT2D eigenvalue weighted by molar-refractivity contribution is -0.125. The van der Waals surface area contributed by atoms with Gasteiger partial charge in [-0.25, -0.2) is 4.79 Å². The molecule has 0 atom stereocenters. The molecule has 1 aromatic carbocycles. The zero-order chi connectivity index (χ0) is 19.2. The Kier molecular flexibility index (Phi) is 6.32. The fourth-order valence-corrected chi connectivity index (χ4v) is 3.76. The summed E-state index contributed by atoms with van der Waals surface area (Å²) in [6.07, 6.45) is 4.61. The number of hydrogen-bond donors (Lipinski definition) is 2. The van der Waals surface area contributed by atoms with E-state index in [1.54, 1.807) is 36.2 Å². The van der Waals surface area contributed by atoms with Crippen molar-refractivity contribution in [2.45, 2.75) is 32.1 Å². The first kappa shape index (κ1) is 19.2. The number of rotatable bonds is 3. The predicted molar refractivity (Wildman–Crippen MR) is 104 cm³/mol. The van der Waals surface area contributed by atoms with Crippen molar-refractivity contribution in [3.05, 3.63) is 29.8 Å². The predicted octanol–water partition coefficient (Wildman–Crippen LogP) is 2.30. The Bertz CT molecular complexity index is 692. The molecule has 2 N–H and O–H groups in total. The number of amides is 4. The van der Waals surface area contributed by atoms with Crippen molar-refractivity contribution in [2.24, 2.45) is 5.92 Å². The summed E-state index contributed by atoms with van der Waals surface area (Å²) in [6, 6.07) is 6.94. The first-order valence-electron chi connectivity index (χ1n) is 9.75. The molecule has 2 aliphatic heterocycles. The maximum atomic E-state index is 12.6. The largest absolute Gasteiger partial charge is 0.359 e. The highest BCUT2D eigenvalue weighted by molar-refractivity contribution is 5.97. The van der Waals surface area contributed by atoms with E-state index in [9.17, 15) is 14.4 Å². The number of hydrogen-bond acceptors (Lipinski definition) is 3. The van der Waals surface area contributed by atoms with Gasteiger partial charge in [0.2, 0.25) is 5.91 Å². The summed E-state index contributed by atoms with van der Waals surface area (Å²) >= 11 is 0. The molecule has 2 aliphatic rings. The molecule has 2 saturated heterocycles. The smallest absolute Gasteiger partial charge is 0.321 e. The zero-order valence-corrected chi connectivity index (χ0v) is 15.9. The van der Waals surface area contributed by atoms with Crippen LogP contribution in [0.3, 0.4) is 0 Å². The normalized spacial score (nSPS) is 18.1. The molecule has 0 aliphatic carbocycles. The van der Waals surface area contributed by atoms with E-state index in [4.69, 9.17) is 0 Å². The summed E-state index contributed by atoms with van der Waals surface area (Å²) < 4.78 is 0. The lowest BCUT2D eigenvalue weighted by atomic mass is 9.96. The average molecular weight is 372 g/mol. The lowest BCUT2D eigenvalue weighted by Crippen LogP contribution is -2.44. The van der Waals surface area contributed by atoms with Gasteiger partial charge in [0.15, 0.2) is 0 Å². The SMILES string of the molecule is CNC(=O)C1CCN(C(=O)Nc2cccc(C(=O)N3CCCCC3)c2)CC1. The molecule has 0 radical (unpaired) electrons. The van der Waals surface area contributed by atoms with Crippen LogP contribution < -0.4 is 10.6 Å². The molecule has 1 aromatic rings. The number of likely N-dealkylation sites (tertiary alicyclic amines) is 2. The Balaban J connectivity index is 1.57. The minimum absolute atomic E-state index is 0.0236. The van der Waals surface area contributed by atoms with Crippen molar-refractivity contribution >= 4 is 23.5 Å². The van der Waals surface area contributed by atoms with Gasteiger partial charge in [0.05, 0.1) is 0 Å². The molecule has 0 aromatic heterocycles. The van der Waals surface area contributed by atoms with Crippen molar-refractivity contribution in [1.82, 2.24) is 15.1 Å². The van der Waals surface area contributed by atoms with Gasteiger partial charge in [-0.05, 0) is 50.3 Å². The first-order chi connectivity index (χ1) is 13.1. The molecular formula is C20H28N4O3. The number of urea groups is 1. The van der Waals surface area contributed by atoms with E-state index in [0.717, 1.165) is 25.9 Å². The van der Waals surface area contributed by atoms with Gasteiger partial charge < -0.3 is 20.4 Å². The van der Waals surface area contributed by atoms with E-state index in [-0.39, 0.29) is 23.8 Å². The molecule has 146 valence electrons. The van der Waals surface area contributed by atoms with Crippen LogP contribution in [0, 0.1) is 5.92 Å². The molecule has 27 heavy (non-hydrogen) atoms. The highest BCUT2D eigenvalue weighted by Gasteiger charge is 2.27. The van der Waals surface area contributed by atoms with Gasteiger partial charge in [-0.1, -0.05) is 6.07 Å². The van der Waals surface area contributed by atoms with Gasteiger partial charge in [-0.15, -0.1) is 0 Å². The fraction of sp³-hybridized carbons (Fsp3) is 0.550. The van der Waals surface area contributed by atoms with Crippen LogP contribution in [-0.4, -0.2) is 60.9 Å². The van der Waals surface area contributed by atoms with Crippen molar-refractivity contribution < 1.29 is 14.4 Å². The first-order valence-corrected chi connectivity index (χ1v) is 9.75. The molecule has 4 amide bonds. The third-order valence-electron chi connectivity index (χ3n) is 5.40. The van der Waals surface area contributed by atoms with E-state index < -0.39 is 0 Å². The minimum Gasteiger partial charge on any atom is -0.359 e. The van der Waals surface area contributed by atoms with Crippen molar-refractivity contribution in [1.29, 1.82) is 0 Å². The molecule has 0 unspecified atom stereocenters. The second-order valence-corrected chi connectivity index (χ2v) is 7.24. The Labute approximate surface area is 160 Å². The Morgan fingerprint density at radius 1 is 0.963 bits per heavy atom. The number of anilines is 1. The molecule has 0 saturated carbocycles. The van der Waals surface area contributed by atoms with Crippen molar-refractivity contribution in [2.75, 3.05) is 38.5 Å². The molecule has 0 spiro atoms. The van der Waals surface area contributed by atoms with E-state index in [2.05, 4.69) is 10.6 Å². The fourth-order valence-electron chi connectivity index (χ4n) is 3.76. The lowest BCUT2D eigenvalue weighted by Gasteiger charge is -2.31. The number of nitrogens with one attached hydrogen (secondary N) is 2. The second kappa shape index (κ2) is 8.88. The monoisotopic (exact) mass is 372 g/mol. The quantitative estimate of drug-likeness (QED) is 0.854. The molecule has 0 bridgehead atoms. The standard InChI is InChI=1S/C20H28N4O3/c1-21-18(25)15-8-12-24(13-9-15)20(27)22-17-7-5-6-16(14-17)19(26)23-10-3-2-4-11-23/h5-7,14-15H,2-4,8-13H2,1H3,(H,21,25)(H,22,27). The maximum absolute atomic E-state index is 12.6. The topological polar surface area (TPSA) is 81.8 Å². The number of benzene rings is 1. The summed E-state index contributed by atoms with van der Waals surface area (Å²) in [5, 5.41) is 5.55. The summed E-state index contributed by atoms with van der Waals surface area (Å²) in [6.45, 7) is 2.71. The van der Waals surface area contributed by atoms with Gasteiger partial charge in [0, 0.05) is 50.4 Å². The minimum atomic E-state index is -0.187. The molecular weight excluding hydrogens is 344 g/mol. The van der Waals surface area contributed by atoms with Gasteiger partial charge in [-0.3, -0.25) is 9.59 Å². The van der Waals surface area contributed by atoms with Crippen molar-refractivity contribution in [3.8, 4) is 0 Å². The molecule has 2 heterocycles. The van der Waals surface area contributed by atoms with E-state index in [1.807, 2.05) is 4.90 Å². The molecule has 3 rings (SSSR count). The second-order valence-electron chi connectivity index (χ2n) is 7.24. The van der Waals surface area contributed by atoms with E-state index in [1.165, 1.54) is 6.42 Å². The van der Waals surface area contributed by atoms with Crippen LogP contribution >= 0.6 is 0 Å². The molecule has 2 fully saturated rings. The van der Waals surface area contributed by atoms with Crippen LogP contribution in [0.1, 0.15) is 42.5 Å². The highest BCUT2D eigenvalue weighted by Crippen LogP contribution is 2.20. The summed E-state index contributed by atoms with van der Waals surface area (Å²) in [5.74, 6) is 0.0423. The van der Waals surface area contributed by atoms with Crippen LogP contribution in [0.5, 0.6) is 0 Å². The van der Waals surface area contributed by atoms with Gasteiger partial charge in [0.25, 0.3) is 5.91 Å². The van der Waals surface area contributed by atoms with E-state index >= 15 is 0 Å². The van der Waals surface area contributed by atoms with Crippen molar-refractivity contribution in [3.63, 3.8) is 0 Å². The van der Waals surface area contributed by atoms with Crippen LogP contribution in [-0.2, 0) is 4.79 Å². The van der Waals surface area contributed by atoms with Gasteiger partial charge >= 0.3 is 6.03 Å². The average Bonchev–Trinajstić information content (AvgIpc) is 2.73. The number of carbonyl (C=O) groups excluding carboxylic acids is 3. The molecule has 7 heteroatoms. The van der Waals surface area contributed by atoms with Gasteiger partial charge in [0.1, 0.15) is 0 Å². The van der Waals surface area contributed by atoms with Crippen LogP contribution in [0.15, 0.2) is 24.3 Å². The summed E-state index contributed by atoms with van der Waals surface area (Å²) in [4.78, 5) is 40.5. The third-order valence-corrected chi connectivity index (χ3v) is 5.40. The van der Waals surface area contributed by atoms with Crippen LogP contribution in [0.25, 0.3) is 0 Å². The van der Waals surface area contributed by atoms with Crippen LogP contribution in [0.2, 0.25) is 0 Å². The van der Waals surface area contributed by atoms with Crippen LogP contribution in [0.4, 0.5) is 10.5 Å². The highest BCUT2D eigenvalue weighted by atomic mass is 16.2. The Morgan fingerprint density at radius 2 is 1.67 bits per heavy atom. The maximum Gasteiger partial charge on any atom is 0.321 e.